The normalized spacial score (nSPS) is 34.6. The van der Waals surface area contributed by atoms with Crippen molar-refractivity contribution in [3.63, 3.8) is 0 Å². The number of likely N-dealkylation sites (tertiary alicyclic amines) is 1. The number of rotatable bonds is 4. The van der Waals surface area contributed by atoms with Gasteiger partial charge in [-0.05, 0) is 32.7 Å². The third kappa shape index (κ3) is 3.18. The maximum atomic E-state index is 11.3. The Hall–Kier alpha value is -0.130. The van der Waals surface area contributed by atoms with Crippen LogP contribution < -0.4 is 5.32 Å². The summed E-state index contributed by atoms with van der Waals surface area (Å²) in [5.74, 6) is 0.702. The standard InChI is InChI=1S/C11H22N2O2S/c1-10-3-2-6-13(10)7-5-12-11-4-8-16(14,15)9-11/h10-12H,2-9H2,1H3. The summed E-state index contributed by atoms with van der Waals surface area (Å²) >= 11 is 0. The summed E-state index contributed by atoms with van der Waals surface area (Å²) < 4.78 is 22.5. The highest BCUT2D eigenvalue weighted by Gasteiger charge is 2.27. The molecular formula is C11H22N2O2S. The highest BCUT2D eigenvalue weighted by molar-refractivity contribution is 7.91. The third-order valence-electron chi connectivity index (χ3n) is 3.76. The third-order valence-corrected chi connectivity index (χ3v) is 5.52. The zero-order valence-corrected chi connectivity index (χ0v) is 10.8. The molecule has 0 aromatic carbocycles. The predicted octanol–water partition coefficient (Wildman–Crippen LogP) is 0.247. The van der Waals surface area contributed by atoms with Crippen molar-refractivity contribution >= 4 is 9.84 Å². The van der Waals surface area contributed by atoms with Crippen LogP contribution in [0.15, 0.2) is 0 Å². The SMILES string of the molecule is CC1CCCN1CCNC1CCS(=O)(=O)C1. The summed E-state index contributed by atoms with van der Waals surface area (Å²) in [5, 5.41) is 3.36. The van der Waals surface area contributed by atoms with Crippen LogP contribution in [0.5, 0.6) is 0 Å². The molecule has 16 heavy (non-hydrogen) atoms. The molecule has 0 aliphatic carbocycles. The first-order valence-electron chi connectivity index (χ1n) is 6.25. The molecule has 2 unspecified atom stereocenters. The highest BCUT2D eigenvalue weighted by Crippen LogP contribution is 2.15. The van der Waals surface area contributed by atoms with E-state index in [1.54, 1.807) is 0 Å². The van der Waals surface area contributed by atoms with E-state index in [-0.39, 0.29) is 6.04 Å². The maximum Gasteiger partial charge on any atom is 0.151 e. The summed E-state index contributed by atoms with van der Waals surface area (Å²) in [7, 11) is -2.73. The van der Waals surface area contributed by atoms with Crippen LogP contribution in [0.25, 0.3) is 0 Å². The summed E-state index contributed by atoms with van der Waals surface area (Å²) in [6.07, 6.45) is 3.40. The smallest absolute Gasteiger partial charge is 0.151 e. The maximum absolute atomic E-state index is 11.3. The number of nitrogens with zero attached hydrogens (tertiary/aromatic N) is 1. The number of sulfone groups is 1. The van der Waals surface area contributed by atoms with E-state index >= 15 is 0 Å². The molecule has 5 heteroatoms. The molecule has 4 nitrogen and oxygen atoms in total. The van der Waals surface area contributed by atoms with Gasteiger partial charge in [-0.25, -0.2) is 8.42 Å². The number of hydrogen-bond donors (Lipinski definition) is 1. The fourth-order valence-electron chi connectivity index (χ4n) is 2.69. The second-order valence-electron chi connectivity index (χ2n) is 5.08. The zero-order valence-electron chi connectivity index (χ0n) is 9.98. The summed E-state index contributed by atoms with van der Waals surface area (Å²) in [6.45, 7) is 5.45. The molecule has 0 bridgehead atoms. The molecule has 2 rings (SSSR count). The van der Waals surface area contributed by atoms with Gasteiger partial charge >= 0.3 is 0 Å². The Labute approximate surface area is 98.3 Å². The molecular weight excluding hydrogens is 224 g/mol. The Bertz CT molecular complexity index is 329. The molecule has 0 aromatic rings. The van der Waals surface area contributed by atoms with Gasteiger partial charge in [0.2, 0.25) is 0 Å². The van der Waals surface area contributed by atoms with E-state index in [9.17, 15) is 8.42 Å². The monoisotopic (exact) mass is 246 g/mol. The first-order valence-corrected chi connectivity index (χ1v) is 8.07. The average Bonchev–Trinajstić information content (AvgIpc) is 2.74. The Morgan fingerprint density at radius 2 is 2.19 bits per heavy atom. The van der Waals surface area contributed by atoms with E-state index in [0.29, 0.717) is 17.5 Å². The van der Waals surface area contributed by atoms with E-state index in [1.165, 1.54) is 19.4 Å². The Morgan fingerprint density at radius 1 is 1.38 bits per heavy atom. The Balaban J connectivity index is 1.65. The van der Waals surface area contributed by atoms with Crippen molar-refractivity contribution in [1.82, 2.24) is 10.2 Å². The van der Waals surface area contributed by atoms with E-state index < -0.39 is 9.84 Å². The lowest BCUT2D eigenvalue weighted by atomic mass is 10.2. The zero-order chi connectivity index (χ0) is 11.6. The predicted molar refractivity (Wildman–Crippen MR) is 65.3 cm³/mol. The van der Waals surface area contributed by atoms with E-state index in [4.69, 9.17) is 0 Å². The summed E-state index contributed by atoms with van der Waals surface area (Å²) in [5.41, 5.74) is 0. The van der Waals surface area contributed by atoms with Gasteiger partial charge in [0.15, 0.2) is 9.84 Å². The van der Waals surface area contributed by atoms with Gasteiger partial charge in [0.25, 0.3) is 0 Å². The Kier molecular flexibility index (Phi) is 3.87. The van der Waals surface area contributed by atoms with Crippen LogP contribution in [0.4, 0.5) is 0 Å². The molecule has 2 atom stereocenters. The summed E-state index contributed by atoms with van der Waals surface area (Å²) in [6, 6.07) is 0.900. The van der Waals surface area contributed by atoms with Gasteiger partial charge < -0.3 is 5.32 Å². The molecule has 2 fully saturated rings. The molecule has 0 aromatic heterocycles. The minimum atomic E-state index is -2.73. The number of nitrogens with one attached hydrogen (secondary N) is 1. The van der Waals surface area contributed by atoms with Crippen molar-refractivity contribution in [3.8, 4) is 0 Å². The van der Waals surface area contributed by atoms with Gasteiger partial charge in [-0.2, -0.15) is 0 Å². The minimum Gasteiger partial charge on any atom is -0.312 e. The van der Waals surface area contributed by atoms with Crippen LogP contribution >= 0.6 is 0 Å². The fourth-order valence-corrected chi connectivity index (χ4v) is 4.40. The summed E-state index contributed by atoms with van der Waals surface area (Å²) in [4.78, 5) is 2.48. The van der Waals surface area contributed by atoms with Crippen LogP contribution in [-0.4, -0.2) is 56.5 Å². The van der Waals surface area contributed by atoms with Crippen LogP contribution in [0.1, 0.15) is 26.2 Å². The quantitative estimate of drug-likeness (QED) is 0.772. The average molecular weight is 246 g/mol. The van der Waals surface area contributed by atoms with Crippen molar-refractivity contribution < 1.29 is 8.42 Å². The van der Waals surface area contributed by atoms with Crippen LogP contribution in [-0.2, 0) is 9.84 Å². The topological polar surface area (TPSA) is 49.4 Å². The molecule has 2 saturated heterocycles. The molecule has 1 N–H and O–H groups in total. The van der Waals surface area contributed by atoms with Crippen molar-refractivity contribution in [2.45, 2.75) is 38.3 Å². The molecule has 2 heterocycles. The van der Waals surface area contributed by atoms with Gasteiger partial charge in [-0.3, -0.25) is 4.90 Å². The highest BCUT2D eigenvalue weighted by atomic mass is 32.2. The van der Waals surface area contributed by atoms with Gasteiger partial charge in [0, 0.05) is 25.2 Å². The number of hydrogen-bond acceptors (Lipinski definition) is 4. The second kappa shape index (κ2) is 5.02. The molecule has 2 aliphatic rings. The van der Waals surface area contributed by atoms with Crippen molar-refractivity contribution in [1.29, 1.82) is 0 Å². The lowest BCUT2D eigenvalue weighted by molar-refractivity contribution is 0.265. The van der Waals surface area contributed by atoms with Gasteiger partial charge in [-0.15, -0.1) is 0 Å². The van der Waals surface area contributed by atoms with Crippen LogP contribution in [0.2, 0.25) is 0 Å². The van der Waals surface area contributed by atoms with Crippen LogP contribution in [0.3, 0.4) is 0 Å². The minimum absolute atomic E-state index is 0.197. The molecule has 2 aliphatic heterocycles. The van der Waals surface area contributed by atoms with Gasteiger partial charge in [-0.1, -0.05) is 0 Å². The van der Waals surface area contributed by atoms with E-state index in [1.807, 2.05) is 0 Å². The molecule has 0 amide bonds. The molecule has 0 spiro atoms. The Morgan fingerprint density at radius 3 is 2.75 bits per heavy atom. The van der Waals surface area contributed by atoms with E-state index in [0.717, 1.165) is 19.5 Å². The van der Waals surface area contributed by atoms with Crippen molar-refractivity contribution in [2.24, 2.45) is 0 Å². The van der Waals surface area contributed by atoms with Gasteiger partial charge in [0.1, 0.15) is 0 Å². The second-order valence-corrected chi connectivity index (χ2v) is 7.31. The molecule has 0 saturated carbocycles. The fraction of sp³-hybridized carbons (Fsp3) is 1.00. The molecule has 0 radical (unpaired) electrons. The lowest BCUT2D eigenvalue weighted by Gasteiger charge is -2.22. The first-order chi connectivity index (χ1) is 7.57. The van der Waals surface area contributed by atoms with Crippen molar-refractivity contribution in [2.75, 3.05) is 31.1 Å². The first kappa shape index (κ1) is 12.3. The van der Waals surface area contributed by atoms with E-state index in [2.05, 4.69) is 17.1 Å². The van der Waals surface area contributed by atoms with Crippen LogP contribution in [0, 0.1) is 0 Å². The molecule has 94 valence electrons. The van der Waals surface area contributed by atoms with Crippen molar-refractivity contribution in [3.05, 3.63) is 0 Å². The van der Waals surface area contributed by atoms with Gasteiger partial charge in [0.05, 0.1) is 11.5 Å². The largest absolute Gasteiger partial charge is 0.312 e. The lowest BCUT2D eigenvalue weighted by Crippen LogP contribution is -2.38.